The number of hydrogen-bond acceptors (Lipinski definition) is 6. The van der Waals surface area contributed by atoms with Gasteiger partial charge >= 0.3 is 0 Å². The summed E-state index contributed by atoms with van der Waals surface area (Å²) in [6.07, 6.45) is 0. The van der Waals surface area contributed by atoms with Crippen LogP contribution in [0.2, 0.25) is 5.02 Å². The van der Waals surface area contributed by atoms with E-state index in [1.165, 1.54) is 11.8 Å². The number of hydrogen-bond donors (Lipinski definition) is 1. The minimum absolute atomic E-state index is 0.153. The van der Waals surface area contributed by atoms with Gasteiger partial charge < -0.3 is 19.4 Å². The highest BCUT2D eigenvalue weighted by molar-refractivity contribution is 7.99. The van der Waals surface area contributed by atoms with E-state index in [9.17, 15) is 4.79 Å². The lowest BCUT2D eigenvalue weighted by atomic mass is 10.2. The van der Waals surface area contributed by atoms with Crippen LogP contribution in [0.3, 0.4) is 0 Å². The second-order valence-corrected chi connectivity index (χ2v) is 7.80. The van der Waals surface area contributed by atoms with E-state index < -0.39 is 0 Å². The lowest BCUT2D eigenvalue weighted by Gasteiger charge is -2.11. The summed E-state index contributed by atoms with van der Waals surface area (Å²) < 4.78 is 13.1. The molecule has 9 heteroatoms. The third-order valence-electron chi connectivity index (χ3n) is 4.16. The van der Waals surface area contributed by atoms with E-state index in [2.05, 4.69) is 15.5 Å². The number of benzene rings is 2. The van der Waals surface area contributed by atoms with Crippen LogP contribution in [0, 0.1) is 6.92 Å². The summed E-state index contributed by atoms with van der Waals surface area (Å²) in [4.78, 5) is 12.4. The molecule has 0 saturated carbocycles. The molecule has 0 aliphatic heterocycles. The molecule has 1 amide bonds. The quantitative estimate of drug-likeness (QED) is 0.488. The smallest absolute Gasteiger partial charge is 0.234 e. The van der Waals surface area contributed by atoms with Gasteiger partial charge in [0.05, 0.1) is 23.1 Å². The number of nitrogens with zero attached hydrogens (tertiary/aromatic N) is 3. The number of aryl methyl sites for hydroxylation is 1. The van der Waals surface area contributed by atoms with Crippen LogP contribution < -0.4 is 14.8 Å². The van der Waals surface area contributed by atoms with Crippen molar-refractivity contribution in [2.75, 3.05) is 17.7 Å². The van der Waals surface area contributed by atoms with Gasteiger partial charge in [-0.15, -0.1) is 10.2 Å². The highest BCUT2D eigenvalue weighted by Crippen LogP contribution is 2.27. The standard InChI is InChI=1S/C21H23ClN4O3S/c1-4-28-17-8-6-5-7-16(17)23-20(27)13-30-21-25-24-19(26(21)3)12-29-18-11-14(2)9-10-15(18)22/h5-11H,4,12-13H2,1-3H3,(H,23,27). The Hall–Kier alpha value is -2.71. The van der Waals surface area contributed by atoms with E-state index >= 15 is 0 Å². The molecule has 1 N–H and O–H groups in total. The van der Waals surface area contributed by atoms with Crippen molar-refractivity contribution in [3.05, 3.63) is 58.9 Å². The Morgan fingerprint density at radius 2 is 1.97 bits per heavy atom. The van der Waals surface area contributed by atoms with E-state index in [1.54, 1.807) is 10.6 Å². The SMILES string of the molecule is CCOc1ccccc1NC(=O)CSc1nnc(COc2cc(C)ccc2Cl)n1C. The van der Waals surface area contributed by atoms with Crippen molar-refractivity contribution in [2.45, 2.75) is 25.6 Å². The van der Waals surface area contributed by atoms with Gasteiger partial charge in [0.25, 0.3) is 0 Å². The summed E-state index contributed by atoms with van der Waals surface area (Å²) in [7, 11) is 1.83. The molecule has 0 atom stereocenters. The maximum atomic E-state index is 12.4. The van der Waals surface area contributed by atoms with Crippen molar-refractivity contribution in [2.24, 2.45) is 7.05 Å². The fourth-order valence-corrected chi connectivity index (χ4v) is 3.53. The first kappa shape index (κ1) is 22.0. The highest BCUT2D eigenvalue weighted by Gasteiger charge is 2.14. The Kier molecular flexibility index (Phi) is 7.59. The highest BCUT2D eigenvalue weighted by atomic mass is 35.5. The first-order valence-electron chi connectivity index (χ1n) is 9.39. The van der Waals surface area contributed by atoms with Crippen molar-refractivity contribution in [3.63, 3.8) is 0 Å². The van der Waals surface area contributed by atoms with Gasteiger partial charge in [0.1, 0.15) is 18.1 Å². The van der Waals surface area contributed by atoms with E-state index in [1.807, 2.05) is 57.3 Å². The Morgan fingerprint density at radius 3 is 2.77 bits per heavy atom. The zero-order valence-corrected chi connectivity index (χ0v) is 18.6. The van der Waals surface area contributed by atoms with Crippen molar-refractivity contribution in [1.82, 2.24) is 14.8 Å². The van der Waals surface area contributed by atoms with Crippen molar-refractivity contribution in [3.8, 4) is 11.5 Å². The summed E-state index contributed by atoms with van der Waals surface area (Å²) in [5.41, 5.74) is 1.70. The maximum Gasteiger partial charge on any atom is 0.234 e. The van der Waals surface area contributed by atoms with Crippen LogP contribution in [0.25, 0.3) is 0 Å². The summed E-state index contributed by atoms with van der Waals surface area (Å²) in [6, 6.07) is 12.9. The van der Waals surface area contributed by atoms with Gasteiger partial charge in [0.15, 0.2) is 11.0 Å². The summed E-state index contributed by atoms with van der Waals surface area (Å²) in [5.74, 6) is 1.92. The number of carbonyl (C=O) groups excluding carboxylic acids is 1. The normalized spacial score (nSPS) is 10.7. The number of anilines is 1. The third kappa shape index (κ3) is 5.67. The minimum atomic E-state index is -0.153. The molecule has 2 aromatic carbocycles. The molecule has 0 aliphatic carbocycles. The Morgan fingerprint density at radius 1 is 1.17 bits per heavy atom. The van der Waals surface area contributed by atoms with Crippen molar-refractivity contribution >= 4 is 35.0 Å². The zero-order chi connectivity index (χ0) is 21.5. The molecule has 158 valence electrons. The third-order valence-corrected chi connectivity index (χ3v) is 5.49. The number of thioether (sulfide) groups is 1. The molecule has 1 aromatic heterocycles. The molecule has 30 heavy (non-hydrogen) atoms. The molecule has 1 heterocycles. The van der Waals surface area contributed by atoms with E-state index in [4.69, 9.17) is 21.1 Å². The maximum absolute atomic E-state index is 12.4. The van der Waals surface area contributed by atoms with Crippen LogP contribution in [0.4, 0.5) is 5.69 Å². The Bertz CT molecular complexity index is 1030. The lowest BCUT2D eigenvalue weighted by Crippen LogP contribution is -2.15. The van der Waals surface area contributed by atoms with Gasteiger partial charge in [-0.3, -0.25) is 4.79 Å². The van der Waals surface area contributed by atoms with Crippen LogP contribution >= 0.6 is 23.4 Å². The number of para-hydroxylation sites is 2. The molecule has 7 nitrogen and oxygen atoms in total. The molecular weight excluding hydrogens is 424 g/mol. The number of rotatable bonds is 9. The molecule has 0 aliphatic rings. The fraction of sp³-hybridized carbons (Fsp3) is 0.286. The van der Waals surface area contributed by atoms with Gasteiger partial charge in [-0.25, -0.2) is 0 Å². The number of amides is 1. The monoisotopic (exact) mass is 446 g/mol. The zero-order valence-electron chi connectivity index (χ0n) is 17.0. The average Bonchev–Trinajstić information content (AvgIpc) is 3.08. The van der Waals surface area contributed by atoms with E-state index in [-0.39, 0.29) is 18.3 Å². The summed E-state index contributed by atoms with van der Waals surface area (Å²) >= 11 is 7.46. The lowest BCUT2D eigenvalue weighted by molar-refractivity contribution is -0.113. The van der Waals surface area contributed by atoms with Crippen molar-refractivity contribution in [1.29, 1.82) is 0 Å². The van der Waals surface area contributed by atoms with E-state index in [0.29, 0.717) is 39.8 Å². The van der Waals surface area contributed by atoms with Gasteiger partial charge in [0, 0.05) is 7.05 Å². The molecule has 0 saturated heterocycles. The first-order valence-corrected chi connectivity index (χ1v) is 10.8. The number of nitrogens with one attached hydrogen (secondary N) is 1. The number of aromatic nitrogens is 3. The molecule has 0 fully saturated rings. The van der Waals surface area contributed by atoms with Crippen LogP contribution in [0.1, 0.15) is 18.3 Å². The van der Waals surface area contributed by atoms with Gasteiger partial charge in [0.2, 0.25) is 5.91 Å². The topological polar surface area (TPSA) is 78.3 Å². The van der Waals surface area contributed by atoms with Crippen LogP contribution in [0.15, 0.2) is 47.6 Å². The molecule has 3 aromatic rings. The minimum Gasteiger partial charge on any atom is -0.492 e. The fourth-order valence-electron chi connectivity index (χ4n) is 2.63. The molecule has 0 bridgehead atoms. The van der Waals surface area contributed by atoms with E-state index in [0.717, 1.165) is 5.56 Å². The molecule has 0 unspecified atom stereocenters. The predicted octanol–water partition coefficient (Wildman–Crippen LogP) is 4.49. The first-order chi connectivity index (χ1) is 14.5. The Labute approximate surface area is 184 Å². The summed E-state index contributed by atoms with van der Waals surface area (Å²) in [5, 5.41) is 12.3. The average molecular weight is 447 g/mol. The van der Waals surface area contributed by atoms with Crippen LogP contribution in [-0.4, -0.2) is 33.0 Å². The van der Waals surface area contributed by atoms with Gasteiger partial charge in [-0.05, 0) is 43.7 Å². The molecule has 3 rings (SSSR count). The molecule has 0 radical (unpaired) electrons. The molecule has 0 spiro atoms. The van der Waals surface area contributed by atoms with Crippen LogP contribution in [-0.2, 0) is 18.4 Å². The number of carbonyl (C=O) groups is 1. The van der Waals surface area contributed by atoms with Crippen LogP contribution in [0.5, 0.6) is 11.5 Å². The van der Waals surface area contributed by atoms with Gasteiger partial charge in [-0.1, -0.05) is 41.6 Å². The second-order valence-electron chi connectivity index (χ2n) is 6.45. The largest absolute Gasteiger partial charge is 0.492 e. The molecular formula is C21H23ClN4O3S. The number of halogens is 1. The van der Waals surface area contributed by atoms with Gasteiger partial charge in [-0.2, -0.15) is 0 Å². The predicted molar refractivity (Wildman–Crippen MR) is 118 cm³/mol. The van der Waals surface area contributed by atoms with Crippen molar-refractivity contribution < 1.29 is 14.3 Å². The number of ether oxygens (including phenoxy) is 2. The second kappa shape index (κ2) is 10.4. The summed E-state index contributed by atoms with van der Waals surface area (Å²) in [6.45, 7) is 4.62. The Balaban J connectivity index is 1.56.